The summed E-state index contributed by atoms with van der Waals surface area (Å²) in [6, 6.07) is 7.34. The van der Waals surface area contributed by atoms with Crippen molar-refractivity contribution in [1.29, 1.82) is 0 Å². The quantitative estimate of drug-likeness (QED) is 0.654. The molecule has 86 valence electrons. The highest BCUT2D eigenvalue weighted by atomic mass is 16.5. The Balaban J connectivity index is 2.38. The predicted octanol–water partition coefficient (Wildman–Crippen LogP) is 0.359. The number of aromatic nitrogens is 1. The Morgan fingerprint density at radius 1 is 1.31 bits per heavy atom. The Bertz CT molecular complexity index is 491. The minimum atomic E-state index is -1.47. The number of para-hydroxylation sites is 1. The molecular formula is C12H16N2O2. The monoisotopic (exact) mass is 220 g/mol. The molecule has 1 aromatic carbocycles. The van der Waals surface area contributed by atoms with Crippen molar-refractivity contribution in [1.82, 2.24) is 4.57 Å². The van der Waals surface area contributed by atoms with E-state index in [4.69, 9.17) is 15.9 Å². The molecule has 1 heterocycles. The van der Waals surface area contributed by atoms with Gasteiger partial charge in [0.15, 0.2) is 6.29 Å². The number of aryl methyl sites for hydroxylation is 1. The molecule has 0 aliphatic carbocycles. The van der Waals surface area contributed by atoms with Gasteiger partial charge in [-0.2, -0.15) is 0 Å². The van der Waals surface area contributed by atoms with E-state index in [1.165, 1.54) is 0 Å². The van der Waals surface area contributed by atoms with E-state index in [0.717, 1.165) is 16.5 Å². The van der Waals surface area contributed by atoms with Crippen molar-refractivity contribution in [3.8, 4) is 0 Å². The van der Waals surface area contributed by atoms with Crippen LogP contribution in [0.2, 0.25) is 0 Å². The average Bonchev–Trinajstić information content (AvgIpc) is 2.57. The van der Waals surface area contributed by atoms with Gasteiger partial charge in [-0.05, 0) is 18.1 Å². The number of benzene rings is 1. The van der Waals surface area contributed by atoms with Gasteiger partial charge in [0.1, 0.15) is 0 Å². The van der Waals surface area contributed by atoms with Crippen molar-refractivity contribution in [2.45, 2.75) is 18.8 Å². The molecule has 2 rings (SSSR count). The summed E-state index contributed by atoms with van der Waals surface area (Å²) in [4.78, 5) is 0. The molecule has 4 heteroatoms. The normalized spacial score (nSPS) is 13.6. The van der Waals surface area contributed by atoms with Gasteiger partial charge in [-0.1, -0.05) is 18.2 Å². The maximum Gasteiger partial charge on any atom is 0.167 e. The largest absolute Gasteiger partial charge is 0.367 e. The van der Waals surface area contributed by atoms with Crippen molar-refractivity contribution in [2.75, 3.05) is 0 Å². The van der Waals surface area contributed by atoms with Crippen LogP contribution in [-0.4, -0.2) is 27.1 Å². The van der Waals surface area contributed by atoms with E-state index in [0.29, 0.717) is 6.42 Å². The molecule has 16 heavy (non-hydrogen) atoms. The number of aliphatic hydroxyl groups is 2. The van der Waals surface area contributed by atoms with Gasteiger partial charge in [0, 0.05) is 24.1 Å². The predicted molar refractivity (Wildman–Crippen MR) is 62.8 cm³/mol. The third-order valence-corrected chi connectivity index (χ3v) is 2.82. The molecule has 0 fully saturated rings. The van der Waals surface area contributed by atoms with E-state index >= 15 is 0 Å². The molecule has 0 spiro atoms. The summed E-state index contributed by atoms with van der Waals surface area (Å²) < 4.78 is 2.02. The first-order valence-corrected chi connectivity index (χ1v) is 5.24. The number of fused-ring (bicyclic) bond motifs is 1. The summed E-state index contributed by atoms with van der Waals surface area (Å²) in [5, 5.41) is 19.1. The minimum Gasteiger partial charge on any atom is -0.367 e. The molecule has 0 saturated heterocycles. The second-order valence-electron chi connectivity index (χ2n) is 4.06. The van der Waals surface area contributed by atoms with E-state index < -0.39 is 12.3 Å². The third-order valence-electron chi connectivity index (χ3n) is 2.82. The number of nitrogens with zero attached hydrogens (tertiary/aromatic N) is 1. The summed E-state index contributed by atoms with van der Waals surface area (Å²) in [7, 11) is 1.97. The molecule has 0 unspecified atom stereocenters. The maximum atomic E-state index is 8.98. The molecule has 4 N–H and O–H groups in total. The van der Waals surface area contributed by atoms with Crippen molar-refractivity contribution in [2.24, 2.45) is 12.8 Å². The minimum absolute atomic E-state index is 0.457. The number of hydrogen-bond acceptors (Lipinski definition) is 3. The SMILES string of the molecule is Cn1cc(C[C@@H](N)C(O)O)c2ccccc21. The van der Waals surface area contributed by atoms with Crippen LogP contribution in [0.15, 0.2) is 30.5 Å². The zero-order chi connectivity index (χ0) is 11.7. The number of hydrogen-bond donors (Lipinski definition) is 3. The lowest BCUT2D eigenvalue weighted by molar-refractivity contribution is -0.0576. The first-order valence-electron chi connectivity index (χ1n) is 5.24. The van der Waals surface area contributed by atoms with Gasteiger partial charge in [0.2, 0.25) is 0 Å². The highest BCUT2D eigenvalue weighted by Gasteiger charge is 2.14. The van der Waals surface area contributed by atoms with Crippen molar-refractivity contribution in [3.05, 3.63) is 36.0 Å². The maximum absolute atomic E-state index is 8.98. The lowest BCUT2D eigenvalue weighted by Gasteiger charge is -2.12. The zero-order valence-corrected chi connectivity index (χ0v) is 9.17. The second-order valence-corrected chi connectivity index (χ2v) is 4.06. The summed E-state index contributed by atoms with van der Waals surface area (Å²) in [5.74, 6) is 0. The average molecular weight is 220 g/mol. The Morgan fingerprint density at radius 2 is 2.00 bits per heavy atom. The third kappa shape index (κ3) is 1.95. The highest BCUT2D eigenvalue weighted by Crippen LogP contribution is 2.21. The number of rotatable bonds is 3. The highest BCUT2D eigenvalue weighted by molar-refractivity contribution is 5.83. The second kappa shape index (κ2) is 4.25. The first kappa shape index (κ1) is 11.1. The van der Waals surface area contributed by atoms with Crippen molar-refractivity contribution < 1.29 is 10.2 Å². The van der Waals surface area contributed by atoms with Crippen LogP contribution in [0.3, 0.4) is 0 Å². The Kier molecular flexibility index (Phi) is 2.96. The molecule has 0 amide bonds. The fraction of sp³-hybridized carbons (Fsp3) is 0.333. The van der Waals surface area contributed by atoms with Crippen LogP contribution >= 0.6 is 0 Å². The lowest BCUT2D eigenvalue weighted by Crippen LogP contribution is -2.36. The molecule has 2 aromatic rings. The van der Waals surface area contributed by atoms with Crippen molar-refractivity contribution in [3.63, 3.8) is 0 Å². The van der Waals surface area contributed by atoms with Gasteiger partial charge in [-0.3, -0.25) is 0 Å². The molecule has 0 radical (unpaired) electrons. The molecule has 4 nitrogen and oxygen atoms in total. The topological polar surface area (TPSA) is 71.4 Å². The lowest BCUT2D eigenvalue weighted by atomic mass is 10.1. The Hall–Kier alpha value is -1.36. The molecule has 0 saturated carbocycles. The molecular weight excluding hydrogens is 204 g/mol. The fourth-order valence-corrected chi connectivity index (χ4v) is 1.95. The first-order chi connectivity index (χ1) is 7.59. The van der Waals surface area contributed by atoms with E-state index in [9.17, 15) is 0 Å². The van der Waals surface area contributed by atoms with Crippen LogP contribution in [0.4, 0.5) is 0 Å². The van der Waals surface area contributed by atoms with E-state index in [-0.39, 0.29) is 0 Å². The van der Waals surface area contributed by atoms with Crippen LogP contribution in [-0.2, 0) is 13.5 Å². The van der Waals surface area contributed by atoms with Gasteiger partial charge < -0.3 is 20.5 Å². The van der Waals surface area contributed by atoms with Crippen LogP contribution in [0.25, 0.3) is 10.9 Å². The number of aliphatic hydroxyl groups excluding tert-OH is 1. The summed E-state index contributed by atoms with van der Waals surface area (Å²) in [6.45, 7) is 0. The summed E-state index contributed by atoms with van der Waals surface area (Å²) in [5.41, 5.74) is 7.80. The van der Waals surface area contributed by atoms with E-state index in [2.05, 4.69) is 0 Å². The summed E-state index contributed by atoms with van der Waals surface area (Å²) in [6.07, 6.45) is 0.963. The van der Waals surface area contributed by atoms with Gasteiger partial charge >= 0.3 is 0 Å². The molecule has 1 aromatic heterocycles. The van der Waals surface area contributed by atoms with E-state index in [1.54, 1.807) is 0 Å². The van der Waals surface area contributed by atoms with Gasteiger partial charge in [-0.15, -0.1) is 0 Å². The molecule has 0 aliphatic heterocycles. The standard InChI is InChI=1S/C12H16N2O2/c1-14-7-8(6-10(13)12(15)16)9-4-2-3-5-11(9)14/h2-5,7,10,12,15-16H,6,13H2,1H3/t10-/m1/s1. The van der Waals surface area contributed by atoms with Crippen LogP contribution in [0.5, 0.6) is 0 Å². The van der Waals surface area contributed by atoms with Crippen LogP contribution < -0.4 is 5.73 Å². The Morgan fingerprint density at radius 3 is 2.69 bits per heavy atom. The van der Waals surface area contributed by atoms with Crippen molar-refractivity contribution >= 4 is 10.9 Å². The number of nitrogens with two attached hydrogens (primary N) is 1. The van der Waals surface area contributed by atoms with Gasteiger partial charge in [0.05, 0.1) is 6.04 Å². The van der Waals surface area contributed by atoms with E-state index in [1.807, 2.05) is 42.1 Å². The summed E-state index contributed by atoms with van der Waals surface area (Å²) >= 11 is 0. The smallest absolute Gasteiger partial charge is 0.167 e. The van der Waals surface area contributed by atoms with Gasteiger partial charge in [-0.25, -0.2) is 0 Å². The van der Waals surface area contributed by atoms with Crippen LogP contribution in [0, 0.1) is 0 Å². The molecule has 0 aliphatic rings. The zero-order valence-electron chi connectivity index (χ0n) is 9.17. The Labute approximate surface area is 93.9 Å². The molecule has 1 atom stereocenters. The molecule has 0 bridgehead atoms. The van der Waals surface area contributed by atoms with Crippen LogP contribution in [0.1, 0.15) is 5.56 Å². The fourth-order valence-electron chi connectivity index (χ4n) is 1.95. The van der Waals surface area contributed by atoms with Gasteiger partial charge in [0.25, 0.3) is 0 Å².